The summed E-state index contributed by atoms with van der Waals surface area (Å²) in [5, 5.41) is 15.1. The van der Waals surface area contributed by atoms with Gasteiger partial charge in [-0.3, -0.25) is 4.79 Å². The van der Waals surface area contributed by atoms with Crippen molar-refractivity contribution in [1.82, 2.24) is 5.16 Å². The molecular formula is C12H9ClN2O4. The Balaban J connectivity index is 2.20. The van der Waals surface area contributed by atoms with Crippen LogP contribution in [0.1, 0.15) is 26.6 Å². The van der Waals surface area contributed by atoms with Crippen molar-refractivity contribution in [3.8, 4) is 0 Å². The van der Waals surface area contributed by atoms with E-state index in [0.29, 0.717) is 10.7 Å². The Kier molecular flexibility index (Phi) is 3.52. The lowest BCUT2D eigenvalue weighted by Gasteiger charge is -2.06. The Morgan fingerprint density at radius 3 is 2.74 bits per heavy atom. The molecular weight excluding hydrogens is 272 g/mol. The van der Waals surface area contributed by atoms with E-state index in [-0.39, 0.29) is 5.69 Å². The first-order chi connectivity index (χ1) is 8.97. The summed E-state index contributed by atoms with van der Waals surface area (Å²) < 4.78 is 4.50. The van der Waals surface area contributed by atoms with Crippen LogP contribution < -0.4 is 5.32 Å². The van der Waals surface area contributed by atoms with Gasteiger partial charge in [-0.15, -0.1) is 0 Å². The number of halogens is 1. The van der Waals surface area contributed by atoms with Crippen LogP contribution in [0.5, 0.6) is 0 Å². The van der Waals surface area contributed by atoms with Gasteiger partial charge in [-0.2, -0.15) is 0 Å². The molecule has 1 amide bonds. The molecule has 0 aliphatic heterocycles. The van der Waals surface area contributed by atoms with Gasteiger partial charge in [0.2, 0.25) is 5.76 Å². The molecule has 0 radical (unpaired) electrons. The molecule has 0 spiro atoms. The summed E-state index contributed by atoms with van der Waals surface area (Å²) in [5.41, 5.74) is 1.23. The number of carboxylic acids is 1. The maximum absolute atomic E-state index is 11.8. The van der Waals surface area contributed by atoms with E-state index in [0.717, 1.165) is 11.6 Å². The number of aromatic nitrogens is 1. The van der Waals surface area contributed by atoms with E-state index in [9.17, 15) is 9.59 Å². The summed E-state index contributed by atoms with van der Waals surface area (Å²) >= 11 is 5.83. The maximum Gasteiger partial charge on any atom is 0.374 e. The van der Waals surface area contributed by atoms with Gasteiger partial charge in [0.1, 0.15) is 0 Å². The summed E-state index contributed by atoms with van der Waals surface area (Å²) in [5.74, 6) is -2.25. The number of benzene rings is 1. The van der Waals surface area contributed by atoms with Crippen LogP contribution >= 0.6 is 11.6 Å². The molecule has 0 aliphatic rings. The third-order valence-electron chi connectivity index (χ3n) is 2.40. The van der Waals surface area contributed by atoms with Gasteiger partial charge in [-0.25, -0.2) is 4.79 Å². The van der Waals surface area contributed by atoms with Crippen molar-refractivity contribution < 1.29 is 19.2 Å². The molecule has 0 atom stereocenters. The zero-order valence-corrected chi connectivity index (χ0v) is 10.6. The number of rotatable bonds is 3. The van der Waals surface area contributed by atoms with E-state index in [1.165, 1.54) is 0 Å². The van der Waals surface area contributed by atoms with E-state index in [1.807, 2.05) is 0 Å². The van der Waals surface area contributed by atoms with E-state index >= 15 is 0 Å². The number of anilines is 1. The number of aryl methyl sites for hydroxylation is 1. The fourth-order valence-corrected chi connectivity index (χ4v) is 1.57. The largest absolute Gasteiger partial charge is 0.475 e. The van der Waals surface area contributed by atoms with Crippen molar-refractivity contribution in [3.05, 3.63) is 46.3 Å². The first kappa shape index (κ1) is 13.1. The molecule has 0 unspecified atom stereocenters. The first-order valence-corrected chi connectivity index (χ1v) is 5.62. The highest BCUT2D eigenvalue weighted by Gasteiger charge is 2.17. The predicted octanol–water partition coefficient (Wildman–Crippen LogP) is 2.59. The summed E-state index contributed by atoms with van der Waals surface area (Å²) in [4.78, 5) is 22.5. The molecule has 19 heavy (non-hydrogen) atoms. The smallest absolute Gasteiger partial charge is 0.374 e. The number of hydrogen-bond acceptors (Lipinski definition) is 4. The maximum atomic E-state index is 11.8. The fourth-order valence-electron chi connectivity index (χ4n) is 1.40. The second-order valence-electron chi connectivity index (χ2n) is 3.79. The standard InChI is InChI=1S/C12H9ClN2O4/c1-6-2-3-7(13)4-8(6)14-11(16)9-5-10(12(17)18)19-15-9/h2-5H,1H3,(H,14,16)(H,17,18). The minimum atomic E-state index is -1.29. The summed E-state index contributed by atoms with van der Waals surface area (Å²) in [6.45, 7) is 1.80. The Bertz CT molecular complexity index is 651. The molecule has 2 aromatic rings. The SMILES string of the molecule is Cc1ccc(Cl)cc1NC(=O)c1cc(C(=O)O)on1. The van der Waals surface area contributed by atoms with Crippen LogP contribution in [0.4, 0.5) is 5.69 Å². The highest BCUT2D eigenvalue weighted by Crippen LogP contribution is 2.20. The van der Waals surface area contributed by atoms with Crippen LogP contribution in [0.2, 0.25) is 5.02 Å². The van der Waals surface area contributed by atoms with E-state index < -0.39 is 17.6 Å². The summed E-state index contributed by atoms with van der Waals surface area (Å²) in [7, 11) is 0. The average Bonchev–Trinajstić information content (AvgIpc) is 2.83. The molecule has 0 fully saturated rings. The Labute approximate surface area is 113 Å². The fraction of sp³-hybridized carbons (Fsp3) is 0.0833. The number of carbonyl (C=O) groups is 2. The average molecular weight is 281 g/mol. The zero-order chi connectivity index (χ0) is 14.0. The van der Waals surface area contributed by atoms with Gasteiger partial charge < -0.3 is 14.9 Å². The number of carboxylic acid groups (broad SMARTS) is 1. The molecule has 0 aliphatic carbocycles. The molecule has 1 heterocycles. The van der Waals surface area contributed by atoms with Gasteiger partial charge >= 0.3 is 5.97 Å². The second-order valence-corrected chi connectivity index (χ2v) is 4.23. The third kappa shape index (κ3) is 2.92. The van der Waals surface area contributed by atoms with Crippen LogP contribution in [0.25, 0.3) is 0 Å². The van der Waals surface area contributed by atoms with Crippen LogP contribution in [0, 0.1) is 6.92 Å². The van der Waals surface area contributed by atoms with Crippen molar-refractivity contribution in [2.45, 2.75) is 6.92 Å². The molecule has 0 saturated carbocycles. The minimum Gasteiger partial charge on any atom is -0.475 e. The van der Waals surface area contributed by atoms with E-state index in [2.05, 4.69) is 15.0 Å². The van der Waals surface area contributed by atoms with Gasteiger partial charge in [0.15, 0.2) is 5.69 Å². The molecule has 98 valence electrons. The van der Waals surface area contributed by atoms with E-state index in [1.54, 1.807) is 25.1 Å². The Morgan fingerprint density at radius 1 is 1.37 bits per heavy atom. The van der Waals surface area contributed by atoms with Crippen LogP contribution in [0.3, 0.4) is 0 Å². The van der Waals surface area contributed by atoms with Gasteiger partial charge in [0, 0.05) is 16.8 Å². The topological polar surface area (TPSA) is 92.4 Å². The van der Waals surface area contributed by atoms with Gasteiger partial charge in [-0.1, -0.05) is 22.8 Å². The highest BCUT2D eigenvalue weighted by atomic mass is 35.5. The lowest BCUT2D eigenvalue weighted by atomic mass is 10.2. The summed E-state index contributed by atoms with van der Waals surface area (Å²) in [6, 6.07) is 6.10. The number of hydrogen-bond donors (Lipinski definition) is 2. The summed E-state index contributed by atoms with van der Waals surface area (Å²) in [6.07, 6.45) is 0. The number of nitrogens with one attached hydrogen (secondary N) is 1. The lowest BCUT2D eigenvalue weighted by Crippen LogP contribution is -2.13. The van der Waals surface area contributed by atoms with Crippen molar-refractivity contribution in [1.29, 1.82) is 0 Å². The Hall–Kier alpha value is -2.34. The Morgan fingerprint density at radius 2 is 2.11 bits per heavy atom. The van der Waals surface area contributed by atoms with Crippen LogP contribution in [-0.2, 0) is 0 Å². The molecule has 2 N–H and O–H groups in total. The lowest BCUT2D eigenvalue weighted by molar-refractivity contribution is 0.0651. The second kappa shape index (κ2) is 5.11. The highest BCUT2D eigenvalue weighted by molar-refractivity contribution is 6.31. The predicted molar refractivity (Wildman–Crippen MR) is 67.6 cm³/mol. The molecule has 0 saturated heterocycles. The van der Waals surface area contributed by atoms with Crippen molar-refractivity contribution >= 4 is 29.2 Å². The van der Waals surface area contributed by atoms with Gasteiger partial charge in [0.25, 0.3) is 5.91 Å². The number of carbonyl (C=O) groups excluding carboxylic acids is 1. The first-order valence-electron chi connectivity index (χ1n) is 5.25. The third-order valence-corrected chi connectivity index (χ3v) is 2.64. The number of nitrogens with zero attached hydrogens (tertiary/aromatic N) is 1. The molecule has 1 aromatic heterocycles. The molecule has 1 aromatic carbocycles. The monoisotopic (exact) mass is 280 g/mol. The van der Waals surface area contributed by atoms with E-state index in [4.69, 9.17) is 16.7 Å². The molecule has 2 rings (SSSR count). The number of aromatic carboxylic acids is 1. The zero-order valence-electron chi connectivity index (χ0n) is 9.81. The van der Waals surface area contributed by atoms with Crippen molar-refractivity contribution in [2.75, 3.05) is 5.32 Å². The quantitative estimate of drug-likeness (QED) is 0.901. The van der Waals surface area contributed by atoms with Crippen molar-refractivity contribution in [2.24, 2.45) is 0 Å². The number of amides is 1. The molecule has 0 bridgehead atoms. The molecule has 7 heteroatoms. The van der Waals surface area contributed by atoms with Crippen LogP contribution in [-0.4, -0.2) is 22.1 Å². The van der Waals surface area contributed by atoms with Gasteiger partial charge in [-0.05, 0) is 24.6 Å². The normalized spacial score (nSPS) is 10.2. The van der Waals surface area contributed by atoms with Crippen molar-refractivity contribution in [3.63, 3.8) is 0 Å². The molecule has 6 nitrogen and oxygen atoms in total. The van der Waals surface area contributed by atoms with Gasteiger partial charge in [0.05, 0.1) is 0 Å². The minimum absolute atomic E-state index is 0.114. The van der Waals surface area contributed by atoms with Crippen LogP contribution in [0.15, 0.2) is 28.8 Å².